The Morgan fingerprint density at radius 2 is 2.13 bits per heavy atom. The number of thiophene rings is 1. The van der Waals surface area contributed by atoms with Gasteiger partial charge in [-0.25, -0.2) is 17.5 Å². The second-order valence-corrected chi connectivity index (χ2v) is 7.21. The van der Waals surface area contributed by atoms with Crippen LogP contribution in [0.5, 0.6) is 5.75 Å². The summed E-state index contributed by atoms with van der Waals surface area (Å²) in [6, 6.07) is 5.42. The molecule has 0 radical (unpaired) electrons. The average Bonchev–Trinajstić information content (AvgIpc) is 3.04. The second kappa shape index (κ2) is 7.87. The number of nitrogens with one attached hydrogen (secondary N) is 1. The smallest absolute Gasteiger partial charge is 0.240 e. The molecule has 0 bridgehead atoms. The molecule has 1 N–H and O–H groups in total. The van der Waals surface area contributed by atoms with E-state index in [9.17, 15) is 12.8 Å². The maximum atomic E-state index is 13.8. The van der Waals surface area contributed by atoms with Crippen LogP contribution in [0.3, 0.4) is 0 Å². The van der Waals surface area contributed by atoms with E-state index >= 15 is 0 Å². The first kappa shape index (κ1) is 17.9. The zero-order valence-electron chi connectivity index (χ0n) is 12.8. The van der Waals surface area contributed by atoms with E-state index in [1.807, 2.05) is 16.8 Å². The van der Waals surface area contributed by atoms with Crippen LogP contribution in [-0.4, -0.2) is 28.7 Å². The quantitative estimate of drug-likeness (QED) is 0.787. The van der Waals surface area contributed by atoms with Crippen molar-refractivity contribution in [1.82, 2.24) is 4.72 Å². The van der Waals surface area contributed by atoms with Crippen molar-refractivity contribution in [1.29, 1.82) is 0 Å². The second-order valence-electron chi connectivity index (χ2n) is 4.66. The van der Waals surface area contributed by atoms with E-state index in [-0.39, 0.29) is 17.2 Å². The molecule has 0 spiro atoms. The van der Waals surface area contributed by atoms with E-state index in [4.69, 9.17) is 9.47 Å². The lowest BCUT2D eigenvalue weighted by molar-refractivity contribution is 0.107. The van der Waals surface area contributed by atoms with Crippen LogP contribution in [0.25, 0.3) is 0 Å². The number of rotatable bonds is 8. The van der Waals surface area contributed by atoms with Gasteiger partial charge in [0.25, 0.3) is 0 Å². The first-order valence-corrected chi connectivity index (χ1v) is 9.37. The van der Waals surface area contributed by atoms with Crippen molar-refractivity contribution in [2.45, 2.75) is 17.9 Å². The van der Waals surface area contributed by atoms with Gasteiger partial charge in [-0.15, -0.1) is 0 Å². The van der Waals surface area contributed by atoms with Crippen molar-refractivity contribution in [2.75, 3.05) is 20.3 Å². The fourth-order valence-corrected chi connectivity index (χ4v) is 3.73. The lowest BCUT2D eigenvalue weighted by Crippen LogP contribution is -2.29. The van der Waals surface area contributed by atoms with Crippen LogP contribution in [0.1, 0.15) is 18.6 Å². The van der Waals surface area contributed by atoms with Crippen LogP contribution in [0.4, 0.5) is 4.39 Å². The van der Waals surface area contributed by atoms with E-state index in [0.717, 1.165) is 11.6 Å². The Balaban J connectivity index is 2.11. The third kappa shape index (κ3) is 4.51. The minimum atomic E-state index is -3.83. The molecular weight excluding hydrogens is 341 g/mol. The van der Waals surface area contributed by atoms with E-state index in [1.54, 1.807) is 6.92 Å². The number of benzene rings is 1. The Kier molecular flexibility index (Phi) is 6.11. The van der Waals surface area contributed by atoms with Gasteiger partial charge in [0.15, 0.2) is 11.6 Å². The summed E-state index contributed by atoms with van der Waals surface area (Å²) in [5, 5.41) is 3.77. The molecule has 8 heteroatoms. The highest BCUT2D eigenvalue weighted by Gasteiger charge is 2.20. The zero-order valence-corrected chi connectivity index (χ0v) is 14.4. The molecule has 1 unspecified atom stereocenters. The van der Waals surface area contributed by atoms with Gasteiger partial charge < -0.3 is 9.47 Å². The molecule has 23 heavy (non-hydrogen) atoms. The highest BCUT2D eigenvalue weighted by molar-refractivity contribution is 7.89. The normalized spacial score (nSPS) is 13.0. The van der Waals surface area contributed by atoms with Crippen LogP contribution < -0.4 is 9.46 Å². The zero-order chi connectivity index (χ0) is 16.9. The Hall–Kier alpha value is -1.48. The molecule has 0 aliphatic rings. The van der Waals surface area contributed by atoms with Gasteiger partial charge in [-0.05, 0) is 47.5 Å². The maximum Gasteiger partial charge on any atom is 0.240 e. The highest BCUT2D eigenvalue weighted by atomic mass is 32.2. The van der Waals surface area contributed by atoms with Gasteiger partial charge in [0.1, 0.15) is 0 Å². The molecule has 5 nitrogen and oxygen atoms in total. The third-order valence-corrected chi connectivity index (χ3v) is 5.29. The minimum Gasteiger partial charge on any atom is -0.491 e. The molecule has 0 saturated heterocycles. The molecule has 2 rings (SSSR count). The number of sulfonamides is 1. The summed E-state index contributed by atoms with van der Waals surface area (Å²) in [4.78, 5) is -0.154. The van der Waals surface area contributed by atoms with Crippen molar-refractivity contribution >= 4 is 21.4 Å². The summed E-state index contributed by atoms with van der Waals surface area (Å²) in [6.07, 6.45) is -0.399. The Labute approximate surface area is 139 Å². The molecular formula is C15H18FNO4S2. The molecule has 1 aromatic heterocycles. The lowest BCUT2D eigenvalue weighted by atomic mass is 10.2. The topological polar surface area (TPSA) is 64.6 Å². The van der Waals surface area contributed by atoms with E-state index < -0.39 is 21.9 Å². The third-order valence-electron chi connectivity index (χ3n) is 3.17. The monoisotopic (exact) mass is 359 g/mol. The standard InChI is InChI=1S/C15H18FNO4S2/c1-3-21-14-5-4-12(8-13(14)16)23(18,19)17-9-15(20-2)11-6-7-22-10-11/h4-8,10,15,17H,3,9H2,1-2H3. The highest BCUT2D eigenvalue weighted by Crippen LogP contribution is 2.22. The molecule has 0 aliphatic heterocycles. The van der Waals surface area contributed by atoms with E-state index in [0.29, 0.717) is 6.61 Å². The number of ether oxygens (including phenoxy) is 2. The average molecular weight is 359 g/mol. The Bertz CT molecular complexity index is 732. The Morgan fingerprint density at radius 1 is 1.35 bits per heavy atom. The fraction of sp³-hybridized carbons (Fsp3) is 0.333. The van der Waals surface area contributed by atoms with Crippen LogP contribution in [0, 0.1) is 5.82 Å². The van der Waals surface area contributed by atoms with Crippen LogP contribution in [0.15, 0.2) is 39.9 Å². The summed E-state index contributed by atoms with van der Waals surface area (Å²) in [5.74, 6) is -0.685. The molecule has 0 fully saturated rings. The van der Waals surface area contributed by atoms with Crippen molar-refractivity contribution in [3.8, 4) is 5.75 Å². The van der Waals surface area contributed by atoms with Crippen LogP contribution in [0.2, 0.25) is 0 Å². The van der Waals surface area contributed by atoms with Gasteiger partial charge in [0, 0.05) is 13.7 Å². The first-order valence-electron chi connectivity index (χ1n) is 6.95. The van der Waals surface area contributed by atoms with Gasteiger partial charge in [0.05, 0.1) is 17.6 Å². The van der Waals surface area contributed by atoms with Crippen molar-refractivity contribution in [3.05, 3.63) is 46.4 Å². The largest absolute Gasteiger partial charge is 0.491 e. The molecule has 1 heterocycles. The van der Waals surface area contributed by atoms with E-state index in [2.05, 4.69) is 4.72 Å². The predicted molar refractivity (Wildman–Crippen MR) is 86.8 cm³/mol. The van der Waals surface area contributed by atoms with Gasteiger partial charge in [0.2, 0.25) is 10.0 Å². The number of hydrogen-bond donors (Lipinski definition) is 1. The first-order chi connectivity index (χ1) is 11.0. The van der Waals surface area contributed by atoms with Gasteiger partial charge >= 0.3 is 0 Å². The van der Waals surface area contributed by atoms with Crippen molar-refractivity contribution in [2.24, 2.45) is 0 Å². The number of hydrogen-bond acceptors (Lipinski definition) is 5. The molecule has 2 aromatic rings. The molecule has 0 saturated carbocycles. The fourth-order valence-electron chi connectivity index (χ4n) is 1.99. The maximum absolute atomic E-state index is 13.8. The van der Waals surface area contributed by atoms with E-state index in [1.165, 1.54) is 30.6 Å². The van der Waals surface area contributed by atoms with Crippen LogP contribution in [-0.2, 0) is 14.8 Å². The summed E-state index contributed by atoms with van der Waals surface area (Å²) in [7, 11) is -2.33. The summed E-state index contributed by atoms with van der Waals surface area (Å²) >= 11 is 1.50. The summed E-state index contributed by atoms with van der Waals surface area (Å²) in [5.41, 5.74) is 0.887. The summed E-state index contributed by atoms with van der Waals surface area (Å²) < 4.78 is 51.1. The predicted octanol–water partition coefficient (Wildman–Crippen LogP) is 2.95. The Morgan fingerprint density at radius 3 is 2.70 bits per heavy atom. The lowest BCUT2D eigenvalue weighted by Gasteiger charge is -2.15. The molecule has 0 amide bonds. The molecule has 126 valence electrons. The SMILES string of the molecule is CCOc1ccc(S(=O)(=O)NCC(OC)c2ccsc2)cc1F. The number of methoxy groups -OCH3 is 1. The number of halogens is 1. The molecule has 1 aromatic carbocycles. The van der Waals surface area contributed by atoms with Crippen molar-refractivity contribution < 1.29 is 22.3 Å². The van der Waals surface area contributed by atoms with Gasteiger partial charge in [-0.2, -0.15) is 11.3 Å². The van der Waals surface area contributed by atoms with Crippen molar-refractivity contribution in [3.63, 3.8) is 0 Å². The summed E-state index contributed by atoms with van der Waals surface area (Å²) in [6.45, 7) is 2.09. The van der Waals surface area contributed by atoms with Gasteiger partial charge in [-0.1, -0.05) is 0 Å². The molecule has 1 atom stereocenters. The minimum absolute atomic E-state index is 0.0273. The van der Waals surface area contributed by atoms with Gasteiger partial charge in [-0.3, -0.25) is 0 Å². The molecule has 0 aliphatic carbocycles. The van der Waals surface area contributed by atoms with Crippen LogP contribution >= 0.6 is 11.3 Å².